The van der Waals surface area contributed by atoms with E-state index in [2.05, 4.69) is 9.97 Å². The molecule has 1 fully saturated rings. The van der Waals surface area contributed by atoms with Crippen molar-refractivity contribution in [2.75, 3.05) is 13.7 Å². The molecule has 1 aliphatic carbocycles. The Hall–Kier alpha value is -4.02. The highest BCUT2D eigenvalue weighted by molar-refractivity contribution is 7.86. The topological polar surface area (TPSA) is 105 Å². The number of fused-ring (bicyclic) bond motifs is 3. The molecule has 0 spiro atoms. The SMILES string of the molecule is CCOc1cc2c(cc1OC)C(c1ccc(-n3ccnc3)nc1)=N[C@@H]1CC[C@@H](OS(=O)(=O)c3ccc(C)cc3)C[C@H]21. The third kappa shape index (κ3) is 5.37. The zero-order chi connectivity index (χ0) is 28.6. The smallest absolute Gasteiger partial charge is 0.297 e. The summed E-state index contributed by atoms with van der Waals surface area (Å²) < 4.78 is 45.5. The predicted molar refractivity (Wildman–Crippen MR) is 155 cm³/mol. The molecule has 0 saturated heterocycles. The van der Waals surface area contributed by atoms with Crippen LogP contribution in [0.15, 0.2) is 83.3 Å². The molecule has 0 amide bonds. The van der Waals surface area contributed by atoms with Gasteiger partial charge < -0.3 is 9.47 Å². The van der Waals surface area contributed by atoms with E-state index in [0.717, 1.165) is 33.8 Å². The van der Waals surface area contributed by atoms with Crippen molar-refractivity contribution in [3.63, 3.8) is 0 Å². The maximum absolute atomic E-state index is 13.1. The lowest BCUT2D eigenvalue weighted by Crippen LogP contribution is -2.36. The van der Waals surface area contributed by atoms with E-state index < -0.39 is 16.2 Å². The summed E-state index contributed by atoms with van der Waals surface area (Å²) in [7, 11) is -2.27. The van der Waals surface area contributed by atoms with Crippen molar-refractivity contribution in [1.82, 2.24) is 14.5 Å². The first-order valence-corrected chi connectivity index (χ1v) is 15.1. The van der Waals surface area contributed by atoms with Gasteiger partial charge in [0.05, 0.1) is 36.5 Å². The average Bonchev–Trinajstić information content (AvgIpc) is 3.52. The van der Waals surface area contributed by atoms with Gasteiger partial charge in [-0.1, -0.05) is 17.7 Å². The zero-order valence-corrected chi connectivity index (χ0v) is 24.0. The summed E-state index contributed by atoms with van der Waals surface area (Å²) in [5.41, 5.74) is 4.68. The third-order valence-electron chi connectivity index (χ3n) is 7.71. The summed E-state index contributed by atoms with van der Waals surface area (Å²) in [5, 5.41) is 0. The van der Waals surface area contributed by atoms with Gasteiger partial charge in [-0.15, -0.1) is 0 Å². The van der Waals surface area contributed by atoms with Crippen LogP contribution in [0.3, 0.4) is 0 Å². The number of pyridine rings is 1. The second kappa shape index (κ2) is 11.1. The van der Waals surface area contributed by atoms with Crippen molar-refractivity contribution in [2.24, 2.45) is 4.99 Å². The lowest BCUT2D eigenvalue weighted by molar-refractivity contribution is 0.140. The fourth-order valence-corrected chi connectivity index (χ4v) is 6.80. The second-order valence-corrected chi connectivity index (χ2v) is 11.9. The standard InChI is InChI=1S/C31H32N4O5S/c1-4-39-29-16-24-25-15-22(40-41(36,37)23-9-5-20(2)6-10-23)8-11-27(25)34-31(26(24)17-28(29)38-3)21-7-12-30(33-18-21)35-14-13-32-19-35/h5-7,9-10,12-14,16-19,22,25,27H,4,8,11,15H2,1-3H3/t22-,25-,27-/m1/s1. The Labute approximate surface area is 240 Å². The van der Waals surface area contributed by atoms with Crippen molar-refractivity contribution in [3.05, 3.63) is 95.7 Å². The number of ether oxygens (including phenoxy) is 2. The van der Waals surface area contributed by atoms with Crippen LogP contribution in [0.25, 0.3) is 5.82 Å². The minimum atomic E-state index is -3.89. The van der Waals surface area contributed by atoms with Gasteiger partial charge in [-0.25, -0.2) is 9.97 Å². The van der Waals surface area contributed by atoms with Gasteiger partial charge in [0.2, 0.25) is 0 Å². The zero-order valence-electron chi connectivity index (χ0n) is 23.2. The number of nitrogens with zero attached hydrogens (tertiary/aromatic N) is 4. The largest absolute Gasteiger partial charge is 0.493 e. The molecule has 0 bridgehead atoms. The number of rotatable bonds is 8. The van der Waals surface area contributed by atoms with Crippen LogP contribution in [0.1, 0.15) is 54.4 Å². The first-order valence-electron chi connectivity index (χ1n) is 13.7. The van der Waals surface area contributed by atoms with Crippen LogP contribution in [0.5, 0.6) is 11.5 Å². The lowest BCUT2D eigenvalue weighted by atomic mass is 9.74. The van der Waals surface area contributed by atoms with Crippen molar-refractivity contribution < 1.29 is 22.1 Å². The van der Waals surface area contributed by atoms with Crippen molar-refractivity contribution in [3.8, 4) is 17.3 Å². The van der Waals surface area contributed by atoms with E-state index in [0.29, 0.717) is 37.4 Å². The van der Waals surface area contributed by atoms with Gasteiger partial charge in [-0.3, -0.25) is 13.7 Å². The molecular formula is C31H32N4O5S. The van der Waals surface area contributed by atoms with Gasteiger partial charge >= 0.3 is 0 Å². The quantitative estimate of drug-likeness (QED) is 0.266. The van der Waals surface area contributed by atoms with Crippen LogP contribution in [0.2, 0.25) is 0 Å². The Morgan fingerprint density at radius 3 is 2.56 bits per heavy atom. The molecule has 4 aromatic rings. The number of methoxy groups -OCH3 is 1. The highest BCUT2D eigenvalue weighted by atomic mass is 32.2. The third-order valence-corrected chi connectivity index (χ3v) is 9.09. The van der Waals surface area contributed by atoms with Gasteiger partial charge in [0.1, 0.15) is 12.1 Å². The molecule has 212 valence electrons. The molecule has 2 aromatic heterocycles. The monoisotopic (exact) mass is 572 g/mol. The van der Waals surface area contributed by atoms with Crippen LogP contribution >= 0.6 is 0 Å². The molecule has 2 aliphatic rings. The van der Waals surface area contributed by atoms with Gasteiger partial charge in [0.15, 0.2) is 11.5 Å². The second-order valence-electron chi connectivity index (χ2n) is 10.3. The van der Waals surface area contributed by atoms with Crippen LogP contribution in [-0.4, -0.2) is 54.5 Å². The fourth-order valence-electron chi connectivity index (χ4n) is 5.69. The van der Waals surface area contributed by atoms with Crippen LogP contribution in [0, 0.1) is 6.92 Å². The molecule has 1 aliphatic heterocycles. The van der Waals surface area contributed by atoms with Crippen LogP contribution in [0.4, 0.5) is 0 Å². The van der Waals surface area contributed by atoms with E-state index in [4.69, 9.17) is 18.6 Å². The molecule has 1 saturated carbocycles. The number of hydrogen-bond donors (Lipinski definition) is 0. The summed E-state index contributed by atoms with van der Waals surface area (Å²) in [6.45, 7) is 4.34. The first kappa shape index (κ1) is 27.2. The first-order chi connectivity index (χ1) is 19.9. The van der Waals surface area contributed by atoms with E-state index in [-0.39, 0.29) is 16.9 Å². The van der Waals surface area contributed by atoms with Crippen LogP contribution < -0.4 is 9.47 Å². The summed E-state index contributed by atoms with van der Waals surface area (Å²) >= 11 is 0. The number of aryl methyl sites for hydroxylation is 1. The molecule has 0 unspecified atom stereocenters. The van der Waals surface area contributed by atoms with Gasteiger partial charge in [-0.05, 0) is 75.1 Å². The highest BCUT2D eigenvalue weighted by Crippen LogP contribution is 2.46. The normalized spacial score (nSPS) is 20.1. The van der Waals surface area contributed by atoms with Crippen molar-refractivity contribution in [1.29, 1.82) is 0 Å². The minimum absolute atomic E-state index is 0.0318. The lowest BCUT2D eigenvalue weighted by Gasteiger charge is -2.38. The summed E-state index contributed by atoms with van der Waals surface area (Å²) in [6.07, 6.45) is 8.44. The van der Waals surface area contributed by atoms with E-state index >= 15 is 0 Å². The highest BCUT2D eigenvalue weighted by Gasteiger charge is 2.39. The maximum Gasteiger partial charge on any atom is 0.297 e. The maximum atomic E-state index is 13.1. The summed E-state index contributed by atoms with van der Waals surface area (Å²) in [4.78, 5) is 14.1. The molecule has 6 rings (SSSR count). The minimum Gasteiger partial charge on any atom is -0.493 e. The Morgan fingerprint density at radius 2 is 1.88 bits per heavy atom. The molecule has 41 heavy (non-hydrogen) atoms. The van der Waals surface area contributed by atoms with E-state index in [1.807, 2.05) is 55.1 Å². The van der Waals surface area contributed by atoms with Gasteiger partial charge in [0, 0.05) is 35.6 Å². The number of aliphatic imine (C=N–C) groups is 1. The Morgan fingerprint density at radius 1 is 1.05 bits per heavy atom. The Kier molecular flexibility index (Phi) is 7.35. The van der Waals surface area contributed by atoms with Gasteiger partial charge in [0.25, 0.3) is 10.1 Å². The Balaban J connectivity index is 1.35. The molecule has 0 N–H and O–H groups in total. The van der Waals surface area contributed by atoms with E-state index in [1.54, 1.807) is 43.9 Å². The average molecular weight is 573 g/mol. The number of imidazole rings is 1. The van der Waals surface area contributed by atoms with Crippen molar-refractivity contribution in [2.45, 2.75) is 56.1 Å². The molecular weight excluding hydrogens is 540 g/mol. The molecule has 2 aromatic carbocycles. The summed E-state index contributed by atoms with van der Waals surface area (Å²) in [5.74, 6) is 1.99. The summed E-state index contributed by atoms with van der Waals surface area (Å²) in [6, 6.07) is 14.6. The Bertz CT molecular complexity index is 1670. The van der Waals surface area contributed by atoms with Crippen molar-refractivity contribution >= 4 is 15.8 Å². The molecule has 3 heterocycles. The van der Waals surface area contributed by atoms with E-state index in [1.165, 1.54) is 0 Å². The molecule has 0 radical (unpaired) electrons. The number of benzene rings is 2. The predicted octanol–water partition coefficient (Wildman–Crippen LogP) is 5.24. The molecule has 9 nitrogen and oxygen atoms in total. The number of aromatic nitrogens is 3. The van der Waals surface area contributed by atoms with E-state index in [9.17, 15) is 8.42 Å². The number of hydrogen-bond acceptors (Lipinski definition) is 8. The molecule has 10 heteroatoms. The van der Waals surface area contributed by atoms with Gasteiger partial charge in [-0.2, -0.15) is 8.42 Å². The fraction of sp³-hybridized carbons (Fsp3) is 0.323. The van der Waals surface area contributed by atoms with Crippen LogP contribution in [-0.2, 0) is 14.3 Å². The molecule has 3 atom stereocenters.